The number of halogens is 3. The smallest absolute Gasteiger partial charge is 0.425 e. The average Bonchev–Trinajstić information content (AvgIpc) is 2.94. The van der Waals surface area contributed by atoms with E-state index in [1.807, 2.05) is 0 Å². The number of aliphatic hydroxyl groups excluding tert-OH is 1. The second-order valence-corrected chi connectivity index (χ2v) is 7.67. The molecule has 3 rings (SSSR count). The SMILES string of the molecule is C[C@@H](Oc1ccc(N2CC[C@]3(CC[C@@](O)(CO)CC3)C2=O)cc1)C(F)(F)F. The summed E-state index contributed by atoms with van der Waals surface area (Å²) in [7, 11) is 0. The molecular weight excluding hydrogens is 363 g/mol. The van der Waals surface area contributed by atoms with Crippen molar-refractivity contribution in [2.75, 3.05) is 18.1 Å². The van der Waals surface area contributed by atoms with Crippen molar-refractivity contribution in [2.24, 2.45) is 5.41 Å². The Kier molecular flexibility index (Phi) is 5.16. The molecule has 1 aromatic rings. The Bertz CT molecular complexity index is 681. The minimum atomic E-state index is -4.44. The van der Waals surface area contributed by atoms with Gasteiger partial charge in [-0.25, -0.2) is 0 Å². The zero-order valence-electron chi connectivity index (χ0n) is 15.1. The summed E-state index contributed by atoms with van der Waals surface area (Å²) in [6.07, 6.45) is -3.89. The number of carbonyl (C=O) groups is 1. The number of carbonyl (C=O) groups excluding carboxylic acids is 1. The maximum atomic E-state index is 13.0. The maximum absolute atomic E-state index is 13.0. The number of ether oxygens (including phenoxy) is 1. The molecule has 150 valence electrons. The van der Waals surface area contributed by atoms with Crippen molar-refractivity contribution in [3.63, 3.8) is 0 Å². The van der Waals surface area contributed by atoms with E-state index in [0.717, 1.165) is 6.92 Å². The van der Waals surface area contributed by atoms with Gasteiger partial charge >= 0.3 is 6.18 Å². The molecule has 0 unspecified atom stereocenters. The quantitative estimate of drug-likeness (QED) is 0.833. The predicted molar refractivity (Wildman–Crippen MR) is 92.5 cm³/mol. The van der Waals surface area contributed by atoms with Gasteiger partial charge in [-0.05, 0) is 63.3 Å². The van der Waals surface area contributed by atoms with Gasteiger partial charge in [0.2, 0.25) is 5.91 Å². The lowest BCUT2D eigenvalue weighted by atomic mass is 9.68. The van der Waals surface area contributed by atoms with Crippen LogP contribution in [0.4, 0.5) is 18.9 Å². The number of aliphatic hydroxyl groups is 2. The fraction of sp³-hybridized carbons (Fsp3) is 0.632. The topological polar surface area (TPSA) is 70.0 Å². The first-order valence-corrected chi connectivity index (χ1v) is 9.07. The van der Waals surface area contributed by atoms with Crippen molar-refractivity contribution < 1.29 is 32.9 Å². The highest BCUT2D eigenvalue weighted by atomic mass is 19.4. The number of anilines is 1. The zero-order chi connectivity index (χ0) is 19.9. The third-order valence-electron chi connectivity index (χ3n) is 5.87. The van der Waals surface area contributed by atoms with Gasteiger partial charge in [-0.2, -0.15) is 13.2 Å². The number of hydrogen-bond donors (Lipinski definition) is 2. The maximum Gasteiger partial charge on any atom is 0.425 e. The van der Waals surface area contributed by atoms with Gasteiger partial charge in [0, 0.05) is 12.2 Å². The van der Waals surface area contributed by atoms with E-state index in [4.69, 9.17) is 4.74 Å². The van der Waals surface area contributed by atoms with E-state index in [-0.39, 0.29) is 18.3 Å². The molecule has 2 aliphatic rings. The van der Waals surface area contributed by atoms with Crippen LogP contribution in [0.5, 0.6) is 5.75 Å². The van der Waals surface area contributed by atoms with E-state index in [0.29, 0.717) is 44.3 Å². The monoisotopic (exact) mass is 387 g/mol. The molecule has 1 saturated carbocycles. The van der Waals surface area contributed by atoms with E-state index in [2.05, 4.69) is 0 Å². The minimum absolute atomic E-state index is 0.0279. The highest BCUT2D eigenvalue weighted by Crippen LogP contribution is 2.48. The summed E-state index contributed by atoms with van der Waals surface area (Å²) >= 11 is 0. The van der Waals surface area contributed by atoms with Gasteiger partial charge < -0.3 is 19.8 Å². The molecule has 0 bridgehead atoms. The minimum Gasteiger partial charge on any atom is -0.481 e. The van der Waals surface area contributed by atoms with Crippen LogP contribution < -0.4 is 9.64 Å². The number of benzene rings is 1. The second-order valence-electron chi connectivity index (χ2n) is 7.67. The highest BCUT2D eigenvalue weighted by Gasteiger charge is 2.51. The molecule has 5 nitrogen and oxygen atoms in total. The van der Waals surface area contributed by atoms with Gasteiger partial charge in [-0.1, -0.05) is 0 Å². The van der Waals surface area contributed by atoms with Gasteiger partial charge in [0.15, 0.2) is 6.10 Å². The molecule has 2 fully saturated rings. The Labute approximate surface area is 155 Å². The third-order valence-corrected chi connectivity index (χ3v) is 5.87. The van der Waals surface area contributed by atoms with Crippen LogP contribution in [0.1, 0.15) is 39.0 Å². The summed E-state index contributed by atoms with van der Waals surface area (Å²) in [6.45, 7) is 1.16. The third kappa shape index (κ3) is 3.91. The summed E-state index contributed by atoms with van der Waals surface area (Å²) in [5, 5.41) is 19.5. The van der Waals surface area contributed by atoms with Crippen LogP contribution in [0.25, 0.3) is 0 Å². The fourth-order valence-corrected chi connectivity index (χ4v) is 3.86. The van der Waals surface area contributed by atoms with Gasteiger partial charge in [-0.3, -0.25) is 4.79 Å². The molecule has 8 heteroatoms. The fourth-order valence-electron chi connectivity index (χ4n) is 3.86. The predicted octanol–water partition coefficient (Wildman–Crippen LogP) is 3.04. The van der Waals surface area contributed by atoms with Crippen molar-refractivity contribution in [1.82, 2.24) is 0 Å². The molecular formula is C19H24F3NO4. The van der Waals surface area contributed by atoms with E-state index in [1.165, 1.54) is 12.1 Å². The van der Waals surface area contributed by atoms with Crippen molar-refractivity contribution in [3.8, 4) is 5.75 Å². The Morgan fingerprint density at radius 1 is 1.15 bits per heavy atom. The number of hydrogen-bond acceptors (Lipinski definition) is 4. The van der Waals surface area contributed by atoms with Crippen molar-refractivity contribution in [1.29, 1.82) is 0 Å². The Morgan fingerprint density at radius 3 is 2.26 bits per heavy atom. The Morgan fingerprint density at radius 2 is 1.74 bits per heavy atom. The number of nitrogens with zero attached hydrogens (tertiary/aromatic N) is 1. The molecule has 1 atom stereocenters. The van der Waals surface area contributed by atoms with E-state index < -0.39 is 23.3 Å². The van der Waals surface area contributed by atoms with E-state index in [1.54, 1.807) is 17.0 Å². The molecule has 0 radical (unpaired) electrons. The van der Waals surface area contributed by atoms with Crippen molar-refractivity contribution in [3.05, 3.63) is 24.3 Å². The van der Waals surface area contributed by atoms with E-state index in [9.17, 15) is 28.2 Å². The lowest BCUT2D eigenvalue weighted by Gasteiger charge is -2.39. The Hall–Kier alpha value is -1.80. The molecule has 1 heterocycles. The molecule has 1 aliphatic heterocycles. The van der Waals surface area contributed by atoms with Gasteiger partial charge in [0.25, 0.3) is 0 Å². The van der Waals surface area contributed by atoms with Crippen LogP contribution in [-0.2, 0) is 4.79 Å². The normalized spacial score (nSPS) is 30.0. The van der Waals surface area contributed by atoms with Crippen LogP contribution >= 0.6 is 0 Å². The van der Waals surface area contributed by atoms with E-state index >= 15 is 0 Å². The van der Waals surface area contributed by atoms with Crippen LogP contribution in [0.3, 0.4) is 0 Å². The second kappa shape index (κ2) is 6.98. The lowest BCUT2D eigenvalue weighted by molar-refractivity contribution is -0.189. The molecule has 1 spiro atoms. The first-order chi connectivity index (χ1) is 12.6. The molecule has 0 aromatic heterocycles. The molecule has 27 heavy (non-hydrogen) atoms. The lowest BCUT2D eigenvalue weighted by Crippen LogP contribution is -2.45. The first-order valence-electron chi connectivity index (χ1n) is 9.07. The number of amides is 1. The van der Waals surface area contributed by atoms with Gasteiger partial charge in [0.1, 0.15) is 5.75 Å². The molecule has 1 amide bonds. The average molecular weight is 387 g/mol. The summed E-state index contributed by atoms with van der Waals surface area (Å²) in [5.74, 6) is 0.0652. The van der Waals surface area contributed by atoms with Crippen molar-refractivity contribution >= 4 is 11.6 Å². The van der Waals surface area contributed by atoms with Gasteiger partial charge in [-0.15, -0.1) is 0 Å². The first kappa shape index (κ1) is 19.9. The molecule has 1 saturated heterocycles. The Balaban J connectivity index is 1.67. The standard InChI is InChI=1S/C19H24F3NO4/c1-13(19(20,21)22)27-15-4-2-14(3-5-15)23-11-10-17(16(23)25)6-8-18(26,12-24)9-7-17/h2-5,13,24,26H,6-12H2,1H3/t13-,17-,18+/m1/s1. The number of alkyl halides is 3. The number of rotatable bonds is 4. The van der Waals surface area contributed by atoms with Gasteiger partial charge in [0.05, 0.1) is 17.6 Å². The summed E-state index contributed by atoms with van der Waals surface area (Å²) in [5.41, 5.74) is -1.01. The molecule has 2 N–H and O–H groups in total. The summed E-state index contributed by atoms with van der Waals surface area (Å²) in [6, 6.07) is 6.03. The van der Waals surface area contributed by atoms with Crippen LogP contribution in [-0.4, -0.2) is 47.2 Å². The summed E-state index contributed by atoms with van der Waals surface area (Å²) in [4.78, 5) is 14.6. The van der Waals surface area contributed by atoms with Crippen LogP contribution in [0.2, 0.25) is 0 Å². The molecule has 1 aliphatic carbocycles. The summed E-state index contributed by atoms with van der Waals surface area (Å²) < 4.78 is 42.6. The highest BCUT2D eigenvalue weighted by molar-refractivity contribution is 6.00. The van der Waals surface area contributed by atoms with Crippen molar-refractivity contribution in [2.45, 2.75) is 56.9 Å². The molecule has 1 aromatic carbocycles. The van der Waals surface area contributed by atoms with Crippen LogP contribution in [0.15, 0.2) is 24.3 Å². The largest absolute Gasteiger partial charge is 0.481 e. The van der Waals surface area contributed by atoms with Crippen LogP contribution in [0, 0.1) is 5.41 Å². The zero-order valence-corrected chi connectivity index (χ0v) is 15.1.